The molecule has 0 bridgehead atoms. The molecule has 1 saturated heterocycles. The van der Waals surface area contributed by atoms with Crippen molar-refractivity contribution in [1.82, 2.24) is 25.4 Å². The number of nitrogens with zero attached hydrogens (tertiary/aromatic N) is 3. The maximum Gasteiger partial charge on any atom is 0.294 e. The van der Waals surface area contributed by atoms with Gasteiger partial charge < -0.3 is 15.0 Å². The van der Waals surface area contributed by atoms with Gasteiger partial charge in [0.25, 0.3) is 5.91 Å². The quantitative estimate of drug-likeness (QED) is 0.778. The number of nitrogens with one attached hydrogen (secondary N) is 2. The van der Waals surface area contributed by atoms with Gasteiger partial charge in [-0.3, -0.25) is 14.7 Å². The molecular formula is C13H19N5O3. The predicted molar refractivity (Wildman–Crippen MR) is 72.6 cm³/mol. The van der Waals surface area contributed by atoms with Gasteiger partial charge in [-0.15, -0.1) is 5.10 Å². The SMILES string of the molecule is CCc1nc(C(=O)N2CCOCC2C(=O)NC2CC2)n[nH]1. The minimum atomic E-state index is -0.601. The lowest BCUT2D eigenvalue weighted by molar-refractivity contribution is -0.130. The minimum absolute atomic E-state index is 0.109. The lowest BCUT2D eigenvalue weighted by atomic mass is 10.2. The van der Waals surface area contributed by atoms with Crippen molar-refractivity contribution < 1.29 is 14.3 Å². The van der Waals surface area contributed by atoms with Crippen molar-refractivity contribution >= 4 is 11.8 Å². The van der Waals surface area contributed by atoms with Gasteiger partial charge in [-0.1, -0.05) is 6.92 Å². The van der Waals surface area contributed by atoms with E-state index in [4.69, 9.17) is 4.74 Å². The summed E-state index contributed by atoms with van der Waals surface area (Å²) in [4.78, 5) is 30.4. The second-order valence-electron chi connectivity index (χ2n) is 5.33. The summed E-state index contributed by atoms with van der Waals surface area (Å²) in [5.41, 5.74) is 0. The summed E-state index contributed by atoms with van der Waals surface area (Å²) in [5, 5.41) is 9.57. The van der Waals surface area contributed by atoms with Gasteiger partial charge >= 0.3 is 0 Å². The molecule has 2 fully saturated rings. The highest BCUT2D eigenvalue weighted by molar-refractivity contribution is 5.95. The summed E-state index contributed by atoms with van der Waals surface area (Å²) in [6.07, 6.45) is 2.69. The Balaban J connectivity index is 1.73. The average Bonchev–Trinajstić information content (AvgIpc) is 3.19. The summed E-state index contributed by atoms with van der Waals surface area (Å²) in [5.74, 6) is 0.283. The molecule has 1 aliphatic heterocycles. The summed E-state index contributed by atoms with van der Waals surface area (Å²) in [6.45, 7) is 2.94. The van der Waals surface area contributed by atoms with E-state index in [0.29, 0.717) is 25.4 Å². The fraction of sp³-hybridized carbons (Fsp3) is 0.692. The van der Waals surface area contributed by atoms with Gasteiger partial charge in [-0.2, -0.15) is 0 Å². The number of hydrogen-bond acceptors (Lipinski definition) is 5. The molecule has 21 heavy (non-hydrogen) atoms. The third-order valence-electron chi connectivity index (χ3n) is 3.67. The zero-order chi connectivity index (χ0) is 14.8. The molecule has 114 valence electrons. The summed E-state index contributed by atoms with van der Waals surface area (Å²) in [6, 6.07) is -0.345. The zero-order valence-corrected chi connectivity index (χ0v) is 12.0. The fourth-order valence-corrected chi connectivity index (χ4v) is 2.27. The molecule has 1 aromatic rings. The second kappa shape index (κ2) is 5.80. The van der Waals surface area contributed by atoms with E-state index in [9.17, 15) is 9.59 Å². The number of aromatic nitrogens is 3. The normalized spacial score (nSPS) is 22.1. The first kappa shape index (κ1) is 14.0. The van der Waals surface area contributed by atoms with Crippen LogP contribution in [0, 0.1) is 0 Å². The topological polar surface area (TPSA) is 100 Å². The molecule has 1 aliphatic carbocycles. The van der Waals surface area contributed by atoms with Crippen LogP contribution in [0.25, 0.3) is 0 Å². The van der Waals surface area contributed by atoms with Crippen molar-refractivity contribution in [2.45, 2.75) is 38.3 Å². The Bertz CT molecular complexity index is 540. The fourth-order valence-electron chi connectivity index (χ4n) is 2.27. The van der Waals surface area contributed by atoms with Crippen LogP contribution in [-0.4, -0.2) is 63.7 Å². The molecular weight excluding hydrogens is 274 g/mol. The van der Waals surface area contributed by atoms with Gasteiger partial charge in [0, 0.05) is 19.0 Å². The molecule has 3 rings (SSSR count). The van der Waals surface area contributed by atoms with Crippen LogP contribution in [0.2, 0.25) is 0 Å². The molecule has 1 atom stereocenters. The molecule has 8 nitrogen and oxygen atoms in total. The lowest BCUT2D eigenvalue weighted by Gasteiger charge is -2.33. The number of morpholine rings is 1. The maximum absolute atomic E-state index is 12.5. The number of H-pyrrole nitrogens is 1. The second-order valence-corrected chi connectivity index (χ2v) is 5.33. The molecule has 1 saturated carbocycles. The van der Waals surface area contributed by atoms with Crippen LogP contribution in [0.1, 0.15) is 36.2 Å². The maximum atomic E-state index is 12.5. The highest BCUT2D eigenvalue weighted by Gasteiger charge is 2.37. The van der Waals surface area contributed by atoms with Crippen LogP contribution in [0.5, 0.6) is 0 Å². The molecule has 1 aromatic heterocycles. The van der Waals surface area contributed by atoms with Crippen LogP contribution in [0.15, 0.2) is 0 Å². The summed E-state index contributed by atoms with van der Waals surface area (Å²) >= 11 is 0. The molecule has 2 aliphatic rings. The monoisotopic (exact) mass is 293 g/mol. The third-order valence-corrected chi connectivity index (χ3v) is 3.67. The van der Waals surface area contributed by atoms with Gasteiger partial charge in [-0.25, -0.2) is 4.98 Å². The van der Waals surface area contributed by atoms with Gasteiger partial charge in [0.2, 0.25) is 11.7 Å². The Hall–Kier alpha value is -1.96. The first-order valence-electron chi connectivity index (χ1n) is 7.29. The molecule has 2 N–H and O–H groups in total. The van der Waals surface area contributed by atoms with Crippen molar-refractivity contribution in [3.63, 3.8) is 0 Å². The Kier molecular flexibility index (Phi) is 3.87. The van der Waals surface area contributed by atoms with E-state index in [1.807, 2.05) is 6.92 Å². The van der Waals surface area contributed by atoms with E-state index in [1.54, 1.807) is 0 Å². The molecule has 0 radical (unpaired) electrons. The largest absolute Gasteiger partial charge is 0.377 e. The van der Waals surface area contributed by atoms with E-state index in [2.05, 4.69) is 20.5 Å². The van der Waals surface area contributed by atoms with Crippen molar-refractivity contribution in [3.05, 3.63) is 11.6 Å². The van der Waals surface area contributed by atoms with Crippen LogP contribution in [0.3, 0.4) is 0 Å². The Labute approximate surface area is 122 Å². The number of carbonyl (C=O) groups excluding carboxylic acids is 2. The minimum Gasteiger partial charge on any atom is -0.377 e. The molecule has 0 spiro atoms. The van der Waals surface area contributed by atoms with Crippen LogP contribution < -0.4 is 5.32 Å². The molecule has 0 aromatic carbocycles. The Morgan fingerprint density at radius 1 is 1.48 bits per heavy atom. The van der Waals surface area contributed by atoms with Gasteiger partial charge in [0.15, 0.2) is 0 Å². The van der Waals surface area contributed by atoms with Crippen LogP contribution >= 0.6 is 0 Å². The molecule has 2 amide bonds. The van der Waals surface area contributed by atoms with Crippen LogP contribution in [-0.2, 0) is 16.0 Å². The highest BCUT2D eigenvalue weighted by atomic mass is 16.5. The number of rotatable bonds is 4. The van der Waals surface area contributed by atoms with Crippen molar-refractivity contribution in [3.8, 4) is 0 Å². The van der Waals surface area contributed by atoms with E-state index in [1.165, 1.54) is 4.90 Å². The van der Waals surface area contributed by atoms with Gasteiger partial charge in [0.05, 0.1) is 13.2 Å². The third kappa shape index (κ3) is 3.05. The van der Waals surface area contributed by atoms with E-state index in [-0.39, 0.29) is 30.3 Å². The highest BCUT2D eigenvalue weighted by Crippen LogP contribution is 2.20. The van der Waals surface area contributed by atoms with E-state index >= 15 is 0 Å². The molecule has 8 heteroatoms. The van der Waals surface area contributed by atoms with Crippen molar-refractivity contribution in [1.29, 1.82) is 0 Å². The number of carbonyl (C=O) groups is 2. The number of ether oxygens (including phenoxy) is 1. The number of hydrogen-bond donors (Lipinski definition) is 2. The smallest absolute Gasteiger partial charge is 0.294 e. The van der Waals surface area contributed by atoms with Gasteiger partial charge in [0.1, 0.15) is 11.9 Å². The Morgan fingerprint density at radius 3 is 2.95 bits per heavy atom. The number of aryl methyl sites for hydroxylation is 1. The lowest BCUT2D eigenvalue weighted by Crippen LogP contribution is -2.56. The number of amides is 2. The first-order valence-corrected chi connectivity index (χ1v) is 7.29. The molecule has 1 unspecified atom stereocenters. The van der Waals surface area contributed by atoms with Crippen molar-refractivity contribution in [2.24, 2.45) is 0 Å². The summed E-state index contributed by atoms with van der Waals surface area (Å²) in [7, 11) is 0. The Morgan fingerprint density at radius 2 is 2.29 bits per heavy atom. The van der Waals surface area contributed by atoms with Gasteiger partial charge in [-0.05, 0) is 12.8 Å². The van der Waals surface area contributed by atoms with E-state index in [0.717, 1.165) is 12.8 Å². The standard InChI is InChI=1S/C13H19N5O3/c1-2-10-15-11(17-16-10)13(20)18-5-6-21-7-9(18)12(19)14-8-3-4-8/h8-9H,2-7H2,1H3,(H,14,19)(H,15,16,17). The average molecular weight is 293 g/mol. The van der Waals surface area contributed by atoms with Crippen LogP contribution in [0.4, 0.5) is 0 Å². The number of aromatic amines is 1. The zero-order valence-electron chi connectivity index (χ0n) is 12.0. The molecule has 2 heterocycles. The summed E-state index contributed by atoms with van der Waals surface area (Å²) < 4.78 is 5.34. The predicted octanol–water partition coefficient (Wildman–Crippen LogP) is -0.513. The van der Waals surface area contributed by atoms with E-state index < -0.39 is 6.04 Å². The van der Waals surface area contributed by atoms with Crippen molar-refractivity contribution in [2.75, 3.05) is 19.8 Å². The first-order chi connectivity index (χ1) is 10.2.